The monoisotopic (exact) mass is 327 g/mol. The van der Waals surface area contributed by atoms with E-state index in [1.54, 1.807) is 20.3 Å². The van der Waals surface area contributed by atoms with Crippen LogP contribution in [0.3, 0.4) is 0 Å². The summed E-state index contributed by atoms with van der Waals surface area (Å²) >= 11 is 0. The maximum atomic E-state index is 12.4. The zero-order chi connectivity index (χ0) is 17.1. The van der Waals surface area contributed by atoms with E-state index in [0.29, 0.717) is 12.3 Å². The molecule has 0 unspecified atom stereocenters. The number of ether oxygens (including phenoxy) is 2. The molecule has 6 heteroatoms. The molecular formula is C18H21N3O3. The first kappa shape index (κ1) is 16.3. The van der Waals surface area contributed by atoms with E-state index in [0.717, 1.165) is 41.1 Å². The number of benzene rings is 1. The molecular weight excluding hydrogens is 306 g/mol. The Morgan fingerprint density at radius 1 is 1.21 bits per heavy atom. The van der Waals surface area contributed by atoms with Crippen LogP contribution in [0.1, 0.15) is 24.7 Å². The highest BCUT2D eigenvalue weighted by molar-refractivity contribution is 5.80. The summed E-state index contributed by atoms with van der Waals surface area (Å²) in [7, 11) is 3.26. The van der Waals surface area contributed by atoms with Crippen molar-refractivity contribution < 1.29 is 9.47 Å². The van der Waals surface area contributed by atoms with E-state index in [2.05, 4.69) is 12.0 Å². The van der Waals surface area contributed by atoms with Crippen LogP contribution in [0.5, 0.6) is 5.75 Å². The van der Waals surface area contributed by atoms with Crippen molar-refractivity contribution in [1.82, 2.24) is 14.6 Å². The Hall–Kier alpha value is -2.60. The number of nitrogens with zero attached hydrogens (tertiary/aromatic N) is 2. The molecule has 0 atom stereocenters. The first-order chi connectivity index (χ1) is 11.7. The standard InChI is InChI=1S/C18H21N3O3/c1-4-5-13-10-16(22)21-18(19-13)17(15(20-21)11-23-2)12-6-8-14(24-3)9-7-12/h6-10,20H,4-5,11H2,1-3H3. The van der Waals surface area contributed by atoms with Gasteiger partial charge < -0.3 is 9.47 Å². The highest BCUT2D eigenvalue weighted by atomic mass is 16.5. The first-order valence-corrected chi connectivity index (χ1v) is 7.94. The molecule has 2 aromatic heterocycles. The number of aromatic amines is 1. The van der Waals surface area contributed by atoms with Crippen LogP contribution in [-0.4, -0.2) is 28.8 Å². The molecule has 3 rings (SSSR count). The maximum Gasteiger partial charge on any atom is 0.272 e. The number of rotatable bonds is 6. The molecule has 0 spiro atoms. The third-order valence-electron chi connectivity index (χ3n) is 3.92. The SMILES string of the molecule is CCCc1cc(=O)n2[nH]c(COC)c(-c3ccc(OC)cc3)c2n1. The molecule has 0 saturated carbocycles. The molecule has 0 bridgehead atoms. The molecule has 2 heterocycles. The maximum absolute atomic E-state index is 12.4. The molecule has 0 aliphatic carbocycles. The molecule has 1 aromatic carbocycles. The van der Waals surface area contributed by atoms with E-state index < -0.39 is 0 Å². The van der Waals surface area contributed by atoms with Crippen LogP contribution in [0.2, 0.25) is 0 Å². The smallest absolute Gasteiger partial charge is 0.272 e. The van der Waals surface area contributed by atoms with Crippen LogP contribution < -0.4 is 10.3 Å². The molecule has 0 fully saturated rings. The van der Waals surface area contributed by atoms with E-state index >= 15 is 0 Å². The van der Waals surface area contributed by atoms with Crippen LogP contribution in [0.4, 0.5) is 0 Å². The Morgan fingerprint density at radius 2 is 1.96 bits per heavy atom. The molecule has 3 aromatic rings. The van der Waals surface area contributed by atoms with Gasteiger partial charge in [-0.1, -0.05) is 25.5 Å². The summed E-state index contributed by atoms with van der Waals surface area (Å²) in [4.78, 5) is 17.1. The highest BCUT2D eigenvalue weighted by Crippen LogP contribution is 2.29. The first-order valence-electron chi connectivity index (χ1n) is 7.94. The van der Waals surface area contributed by atoms with Crippen LogP contribution >= 0.6 is 0 Å². The normalized spacial score (nSPS) is 11.1. The average Bonchev–Trinajstić information content (AvgIpc) is 2.94. The lowest BCUT2D eigenvalue weighted by Gasteiger charge is -2.05. The van der Waals surface area contributed by atoms with Crippen LogP contribution in [-0.2, 0) is 17.8 Å². The summed E-state index contributed by atoms with van der Waals surface area (Å²) < 4.78 is 12.0. The lowest BCUT2D eigenvalue weighted by Crippen LogP contribution is -2.15. The lowest BCUT2D eigenvalue weighted by atomic mass is 10.1. The van der Waals surface area contributed by atoms with Gasteiger partial charge in [0.15, 0.2) is 5.65 Å². The minimum absolute atomic E-state index is 0.111. The van der Waals surface area contributed by atoms with Crippen molar-refractivity contribution in [2.75, 3.05) is 14.2 Å². The van der Waals surface area contributed by atoms with Crippen LogP contribution in [0.15, 0.2) is 35.1 Å². The van der Waals surface area contributed by atoms with Crippen LogP contribution in [0.25, 0.3) is 16.8 Å². The van der Waals surface area contributed by atoms with Gasteiger partial charge in [0.25, 0.3) is 5.56 Å². The third-order valence-corrected chi connectivity index (χ3v) is 3.92. The zero-order valence-corrected chi connectivity index (χ0v) is 14.1. The highest BCUT2D eigenvalue weighted by Gasteiger charge is 2.17. The van der Waals surface area contributed by atoms with Gasteiger partial charge in [0, 0.05) is 24.4 Å². The fourth-order valence-electron chi connectivity index (χ4n) is 2.83. The summed E-state index contributed by atoms with van der Waals surface area (Å²) in [5, 5.41) is 3.12. The van der Waals surface area contributed by atoms with Gasteiger partial charge >= 0.3 is 0 Å². The predicted molar refractivity (Wildman–Crippen MR) is 92.5 cm³/mol. The van der Waals surface area contributed by atoms with Crippen molar-refractivity contribution in [3.63, 3.8) is 0 Å². The fourth-order valence-corrected chi connectivity index (χ4v) is 2.83. The minimum atomic E-state index is -0.111. The minimum Gasteiger partial charge on any atom is -0.497 e. The summed E-state index contributed by atoms with van der Waals surface area (Å²) in [6.07, 6.45) is 1.72. The second kappa shape index (κ2) is 6.88. The molecule has 0 radical (unpaired) electrons. The number of aryl methyl sites for hydroxylation is 1. The van der Waals surface area contributed by atoms with Gasteiger partial charge in [0.2, 0.25) is 0 Å². The van der Waals surface area contributed by atoms with Gasteiger partial charge in [0.05, 0.1) is 19.4 Å². The quantitative estimate of drug-likeness (QED) is 0.756. The van der Waals surface area contributed by atoms with E-state index in [1.165, 1.54) is 4.52 Å². The van der Waals surface area contributed by atoms with Crippen molar-refractivity contribution in [3.05, 3.63) is 52.1 Å². The van der Waals surface area contributed by atoms with Gasteiger partial charge in [-0.2, -0.15) is 0 Å². The molecule has 126 valence electrons. The van der Waals surface area contributed by atoms with Crippen molar-refractivity contribution in [2.24, 2.45) is 0 Å². The zero-order valence-electron chi connectivity index (χ0n) is 14.1. The Bertz CT molecular complexity index is 894. The number of hydrogen-bond acceptors (Lipinski definition) is 4. The largest absolute Gasteiger partial charge is 0.497 e. The number of aromatic nitrogens is 3. The summed E-state index contributed by atoms with van der Waals surface area (Å²) in [5.74, 6) is 0.781. The summed E-state index contributed by atoms with van der Waals surface area (Å²) in [6, 6.07) is 9.29. The van der Waals surface area contributed by atoms with Crippen molar-refractivity contribution in [3.8, 4) is 16.9 Å². The van der Waals surface area contributed by atoms with E-state index in [1.807, 2.05) is 24.3 Å². The topological polar surface area (TPSA) is 68.6 Å². The van der Waals surface area contributed by atoms with E-state index in [-0.39, 0.29) is 5.56 Å². The molecule has 0 amide bonds. The Labute approximate surface area is 140 Å². The number of fused-ring (bicyclic) bond motifs is 1. The molecule has 24 heavy (non-hydrogen) atoms. The third kappa shape index (κ3) is 2.92. The van der Waals surface area contributed by atoms with Crippen LogP contribution in [0, 0.1) is 0 Å². The Balaban J connectivity index is 2.25. The average molecular weight is 327 g/mol. The summed E-state index contributed by atoms with van der Waals surface area (Å²) in [5.41, 5.74) is 3.99. The molecule has 6 nitrogen and oxygen atoms in total. The second-order valence-electron chi connectivity index (χ2n) is 5.62. The number of nitrogens with one attached hydrogen (secondary N) is 1. The predicted octanol–water partition coefficient (Wildman–Crippen LogP) is 2.80. The van der Waals surface area contributed by atoms with Gasteiger partial charge in [-0.15, -0.1) is 0 Å². The molecule has 0 aliphatic heterocycles. The van der Waals surface area contributed by atoms with Gasteiger partial charge in [-0.25, -0.2) is 9.50 Å². The van der Waals surface area contributed by atoms with Gasteiger partial charge in [-0.05, 0) is 24.1 Å². The van der Waals surface area contributed by atoms with Crippen molar-refractivity contribution in [2.45, 2.75) is 26.4 Å². The lowest BCUT2D eigenvalue weighted by molar-refractivity contribution is 0.181. The molecule has 1 N–H and O–H groups in total. The molecule has 0 saturated heterocycles. The Morgan fingerprint density at radius 3 is 2.58 bits per heavy atom. The number of methoxy groups -OCH3 is 2. The van der Waals surface area contributed by atoms with Gasteiger partial charge in [-0.3, -0.25) is 9.89 Å². The van der Waals surface area contributed by atoms with Crippen molar-refractivity contribution in [1.29, 1.82) is 0 Å². The van der Waals surface area contributed by atoms with E-state index in [4.69, 9.17) is 14.5 Å². The second-order valence-corrected chi connectivity index (χ2v) is 5.62. The molecule has 0 aliphatic rings. The summed E-state index contributed by atoms with van der Waals surface area (Å²) in [6.45, 7) is 2.44. The number of H-pyrrole nitrogens is 1. The number of hydrogen-bond donors (Lipinski definition) is 1. The fraction of sp³-hybridized carbons (Fsp3) is 0.333. The van der Waals surface area contributed by atoms with Crippen molar-refractivity contribution >= 4 is 5.65 Å². The van der Waals surface area contributed by atoms with E-state index in [9.17, 15) is 4.79 Å². The Kier molecular flexibility index (Phi) is 4.66. The van der Waals surface area contributed by atoms with Gasteiger partial charge in [0.1, 0.15) is 5.75 Å².